The van der Waals surface area contributed by atoms with E-state index in [4.69, 9.17) is 4.74 Å². The second kappa shape index (κ2) is 8.14. The van der Waals surface area contributed by atoms with E-state index in [1.807, 2.05) is 25.1 Å². The van der Waals surface area contributed by atoms with Crippen molar-refractivity contribution in [3.8, 4) is 0 Å². The normalized spacial score (nSPS) is 12.1. The lowest BCUT2D eigenvalue weighted by molar-refractivity contribution is 0.0599. The summed E-state index contributed by atoms with van der Waals surface area (Å²) in [5.41, 5.74) is 2.57. The predicted octanol–water partition coefficient (Wildman–Crippen LogP) is 2.59. The van der Waals surface area contributed by atoms with Crippen molar-refractivity contribution in [2.75, 3.05) is 27.7 Å². The Labute approximate surface area is 152 Å². The molecule has 140 valence electrons. The fourth-order valence-electron chi connectivity index (χ4n) is 2.98. The smallest absolute Gasteiger partial charge is 0.339 e. The molecule has 0 aliphatic rings. The lowest BCUT2D eigenvalue weighted by atomic mass is 10.1. The van der Waals surface area contributed by atoms with Gasteiger partial charge in [0.25, 0.3) is 5.91 Å². The zero-order chi connectivity index (χ0) is 19.4. The number of likely N-dealkylation sites (N-methyl/N-ethyl adjacent to an activating group) is 1. The van der Waals surface area contributed by atoms with Crippen LogP contribution in [0.4, 0.5) is 4.39 Å². The van der Waals surface area contributed by atoms with E-state index in [1.54, 1.807) is 19.9 Å². The highest BCUT2D eigenvalue weighted by atomic mass is 19.1. The van der Waals surface area contributed by atoms with Gasteiger partial charge in [0.1, 0.15) is 11.5 Å². The molecule has 1 atom stereocenters. The van der Waals surface area contributed by atoms with Crippen LogP contribution in [0, 0.1) is 19.7 Å². The first kappa shape index (κ1) is 19.7. The Morgan fingerprint density at radius 1 is 1.31 bits per heavy atom. The number of aryl methyl sites for hydroxylation is 1. The van der Waals surface area contributed by atoms with E-state index in [9.17, 15) is 14.0 Å². The summed E-state index contributed by atoms with van der Waals surface area (Å²) in [7, 11) is 5.02. The van der Waals surface area contributed by atoms with Gasteiger partial charge in [0.15, 0.2) is 0 Å². The van der Waals surface area contributed by atoms with Crippen molar-refractivity contribution < 1.29 is 18.7 Å². The molecule has 0 radical (unpaired) electrons. The molecule has 6 nitrogen and oxygen atoms in total. The average Bonchev–Trinajstić information content (AvgIpc) is 2.88. The standard InChI is InChI=1S/C19H24FN3O3/c1-11-16(19(25)26-5)12(2)22-17(11)18(24)21-10-15(23(3)4)13-7-6-8-14(20)9-13/h6-9,15,22H,10H2,1-5H3,(H,21,24). The molecule has 2 rings (SSSR count). The van der Waals surface area contributed by atoms with Crippen LogP contribution in [0.5, 0.6) is 0 Å². The molecule has 0 spiro atoms. The number of hydrogen-bond donors (Lipinski definition) is 2. The van der Waals surface area contributed by atoms with Gasteiger partial charge in [0.2, 0.25) is 0 Å². The van der Waals surface area contributed by atoms with Crippen LogP contribution in [0.3, 0.4) is 0 Å². The maximum atomic E-state index is 13.5. The molecule has 1 heterocycles. The van der Waals surface area contributed by atoms with Crippen LogP contribution in [-0.4, -0.2) is 49.5 Å². The number of H-pyrrole nitrogens is 1. The van der Waals surface area contributed by atoms with Crippen molar-refractivity contribution in [1.82, 2.24) is 15.2 Å². The highest BCUT2D eigenvalue weighted by Gasteiger charge is 2.23. The number of carbonyl (C=O) groups is 2. The summed E-state index contributed by atoms with van der Waals surface area (Å²) in [5, 5.41) is 2.85. The van der Waals surface area contributed by atoms with Gasteiger partial charge in [-0.05, 0) is 51.2 Å². The first-order valence-electron chi connectivity index (χ1n) is 8.23. The van der Waals surface area contributed by atoms with Crippen molar-refractivity contribution in [3.63, 3.8) is 0 Å². The molecule has 7 heteroatoms. The maximum absolute atomic E-state index is 13.5. The van der Waals surface area contributed by atoms with E-state index in [0.29, 0.717) is 29.1 Å². The first-order valence-corrected chi connectivity index (χ1v) is 8.23. The molecule has 2 N–H and O–H groups in total. The van der Waals surface area contributed by atoms with Gasteiger partial charge < -0.3 is 19.9 Å². The summed E-state index contributed by atoms with van der Waals surface area (Å²) < 4.78 is 18.3. The minimum absolute atomic E-state index is 0.189. The van der Waals surface area contributed by atoms with Crippen LogP contribution in [0.25, 0.3) is 0 Å². The Morgan fingerprint density at radius 3 is 2.58 bits per heavy atom. The van der Waals surface area contributed by atoms with Gasteiger partial charge in [-0.25, -0.2) is 9.18 Å². The number of amides is 1. The molecule has 1 amide bonds. The Balaban J connectivity index is 2.18. The average molecular weight is 361 g/mol. The number of hydrogen-bond acceptors (Lipinski definition) is 4. The van der Waals surface area contributed by atoms with Gasteiger partial charge in [-0.3, -0.25) is 4.79 Å². The number of nitrogens with zero attached hydrogens (tertiary/aromatic N) is 1. The lowest BCUT2D eigenvalue weighted by Gasteiger charge is -2.25. The number of carbonyl (C=O) groups excluding carboxylic acids is 2. The molecule has 0 aliphatic carbocycles. The third kappa shape index (κ3) is 4.11. The van der Waals surface area contributed by atoms with Crippen LogP contribution in [-0.2, 0) is 4.74 Å². The van der Waals surface area contributed by atoms with Crippen molar-refractivity contribution >= 4 is 11.9 Å². The number of methoxy groups -OCH3 is 1. The maximum Gasteiger partial charge on any atom is 0.339 e. The minimum atomic E-state index is -0.485. The third-order valence-corrected chi connectivity index (χ3v) is 4.37. The van der Waals surface area contributed by atoms with Crippen LogP contribution < -0.4 is 5.32 Å². The predicted molar refractivity (Wildman–Crippen MR) is 96.8 cm³/mol. The number of benzene rings is 1. The van der Waals surface area contributed by atoms with E-state index in [0.717, 1.165) is 5.56 Å². The molecule has 1 aromatic carbocycles. The molecule has 26 heavy (non-hydrogen) atoms. The Kier molecular flexibility index (Phi) is 6.15. The van der Waals surface area contributed by atoms with Crippen LogP contribution in [0.15, 0.2) is 24.3 Å². The van der Waals surface area contributed by atoms with Crippen LogP contribution >= 0.6 is 0 Å². The van der Waals surface area contributed by atoms with Gasteiger partial charge in [0.05, 0.1) is 18.7 Å². The summed E-state index contributed by atoms with van der Waals surface area (Å²) in [6, 6.07) is 6.11. The van der Waals surface area contributed by atoms with Gasteiger partial charge >= 0.3 is 5.97 Å². The van der Waals surface area contributed by atoms with Crippen LogP contribution in [0.2, 0.25) is 0 Å². The molecule has 0 bridgehead atoms. The molecule has 1 unspecified atom stereocenters. The molecule has 0 aliphatic heterocycles. The van der Waals surface area contributed by atoms with Crippen molar-refractivity contribution in [2.45, 2.75) is 19.9 Å². The van der Waals surface area contributed by atoms with Gasteiger partial charge in [-0.15, -0.1) is 0 Å². The monoisotopic (exact) mass is 361 g/mol. The zero-order valence-corrected chi connectivity index (χ0v) is 15.6. The number of esters is 1. The number of nitrogens with one attached hydrogen (secondary N) is 2. The molecule has 0 saturated heterocycles. The minimum Gasteiger partial charge on any atom is -0.465 e. The van der Waals surface area contributed by atoms with Gasteiger partial charge in [0, 0.05) is 12.2 Å². The van der Waals surface area contributed by atoms with Crippen molar-refractivity contribution in [3.05, 3.63) is 58.2 Å². The number of ether oxygens (including phenoxy) is 1. The third-order valence-electron chi connectivity index (χ3n) is 4.37. The number of aromatic nitrogens is 1. The molecule has 1 aromatic heterocycles. The van der Waals surface area contributed by atoms with E-state index in [-0.39, 0.29) is 17.8 Å². The summed E-state index contributed by atoms with van der Waals surface area (Å²) in [6.45, 7) is 3.70. The summed E-state index contributed by atoms with van der Waals surface area (Å²) >= 11 is 0. The van der Waals surface area contributed by atoms with E-state index in [1.165, 1.54) is 19.2 Å². The topological polar surface area (TPSA) is 74.4 Å². The summed E-state index contributed by atoms with van der Waals surface area (Å²) in [6.07, 6.45) is 0. The molecule has 0 fully saturated rings. The number of halogens is 1. The molecule has 2 aromatic rings. The van der Waals surface area contributed by atoms with Gasteiger partial charge in [-0.1, -0.05) is 12.1 Å². The van der Waals surface area contributed by atoms with Crippen molar-refractivity contribution in [1.29, 1.82) is 0 Å². The molecular weight excluding hydrogens is 337 g/mol. The molecular formula is C19H24FN3O3. The number of rotatable bonds is 6. The largest absolute Gasteiger partial charge is 0.465 e. The Bertz CT molecular complexity index is 814. The zero-order valence-electron chi connectivity index (χ0n) is 15.6. The molecule has 0 saturated carbocycles. The quantitative estimate of drug-likeness (QED) is 0.776. The SMILES string of the molecule is COC(=O)c1c(C)[nH]c(C(=O)NCC(c2cccc(F)c2)N(C)C)c1C. The second-order valence-electron chi connectivity index (χ2n) is 6.36. The van der Waals surface area contributed by atoms with Gasteiger partial charge in [-0.2, -0.15) is 0 Å². The van der Waals surface area contributed by atoms with E-state index < -0.39 is 5.97 Å². The number of aromatic amines is 1. The van der Waals surface area contributed by atoms with E-state index in [2.05, 4.69) is 10.3 Å². The highest BCUT2D eigenvalue weighted by Crippen LogP contribution is 2.21. The fraction of sp³-hybridized carbons (Fsp3) is 0.368. The summed E-state index contributed by atoms with van der Waals surface area (Å²) in [4.78, 5) is 29.3. The van der Waals surface area contributed by atoms with Crippen molar-refractivity contribution in [2.24, 2.45) is 0 Å². The Morgan fingerprint density at radius 2 is 2.00 bits per heavy atom. The van der Waals surface area contributed by atoms with Crippen LogP contribution in [0.1, 0.15) is 43.7 Å². The highest BCUT2D eigenvalue weighted by molar-refractivity contribution is 6.00. The first-order chi connectivity index (χ1) is 12.3. The second-order valence-corrected chi connectivity index (χ2v) is 6.36. The summed E-state index contributed by atoms with van der Waals surface area (Å²) in [5.74, 6) is -1.13. The Hall–Kier alpha value is -2.67. The fourth-order valence-corrected chi connectivity index (χ4v) is 2.98. The lowest BCUT2D eigenvalue weighted by Crippen LogP contribution is -2.35. The van der Waals surface area contributed by atoms with E-state index >= 15 is 0 Å².